The molecule has 4 aromatic rings. The average Bonchev–Trinajstić information content (AvgIpc) is 2.99. The van der Waals surface area contributed by atoms with Gasteiger partial charge in [-0.2, -0.15) is 0 Å². The molecule has 0 saturated carbocycles. The van der Waals surface area contributed by atoms with Gasteiger partial charge in [-0.3, -0.25) is 0 Å². The predicted molar refractivity (Wildman–Crippen MR) is 120 cm³/mol. The lowest BCUT2D eigenvalue weighted by Gasteiger charge is -2.24. The zero-order chi connectivity index (χ0) is 18.9. The Morgan fingerprint density at radius 3 is 1.81 bits per heavy atom. The van der Waals surface area contributed by atoms with Crippen LogP contribution >= 0.6 is 0 Å². The van der Waals surface area contributed by atoms with Crippen molar-refractivity contribution in [2.75, 3.05) is 0 Å². The van der Waals surface area contributed by atoms with E-state index in [9.17, 15) is 0 Å². The normalized spacial score (nSPS) is 12.7. The molecule has 0 bridgehead atoms. The van der Waals surface area contributed by atoms with Crippen LogP contribution < -0.4 is 0 Å². The lowest BCUT2D eigenvalue weighted by atomic mass is 10.1. The number of benzene rings is 3. The number of hydrogen-bond donors (Lipinski definition) is 0. The SMILES string of the molecule is C[Si](C)(C)[C@@H](C#CCn1c2ccccc2c2ccccc21)c1ccccc1. The monoisotopic (exact) mass is 367 g/mol. The fraction of sp³-hybridized carbons (Fsp3) is 0.200. The summed E-state index contributed by atoms with van der Waals surface area (Å²) in [6.07, 6.45) is 0. The predicted octanol–water partition coefficient (Wildman–Crippen LogP) is 6.46. The van der Waals surface area contributed by atoms with E-state index in [0.29, 0.717) is 5.54 Å². The first-order chi connectivity index (χ1) is 13.1. The van der Waals surface area contributed by atoms with Crippen LogP contribution in [-0.4, -0.2) is 12.6 Å². The summed E-state index contributed by atoms with van der Waals surface area (Å²) in [6, 6.07) is 28.0. The Hall–Kier alpha value is -2.76. The molecule has 1 aromatic heterocycles. The van der Waals surface area contributed by atoms with Crippen LogP contribution in [-0.2, 0) is 6.54 Å². The molecule has 3 aromatic carbocycles. The highest BCUT2D eigenvalue weighted by Crippen LogP contribution is 2.29. The number of nitrogens with zero attached hydrogens (tertiary/aromatic N) is 1. The van der Waals surface area contributed by atoms with Gasteiger partial charge in [0.1, 0.15) is 0 Å². The highest BCUT2D eigenvalue weighted by Gasteiger charge is 2.26. The number of hydrogen-bond acceptors (Lipinski definition) is 0. The van der Waals surface area contributed by atoms with Crippen molar-refractivity contribution < 1.29 is 0 Å². The van der Waals surface area contributed by atoms with Crippen molar-refractivity contribution in [2.24, 2.45) is 0 Å². The van der Waals surface area contributed by atoms with Crippen LogP contribution in [0.15, 0.2) is 78.9 Å². The minimum atomic E-state index is -1.44. The van der Waals surface area contributed by atoms with Crippen molar-refractivity contribution in [2.45, 2.75) is 31.7 Å². The Morgan fingerprint density at radius 2 is 1.26 bits per heavy atom. The van der Waals surface area contributed by atoms with Crippen LogP contribution in [0.5, 0.6) is 0 Å². The van der Waals surface area contributed by atoms with Gasteiger partial charge < -0.3 is 4.57 Å². The van der Waals surface area contributed by atoms with E-state index in [1.807, 2.05) is 0 Å². The lowest BCUT2D eigenvalue weighted by Crippen LogP contribution is -2.30. The van der Waals surface area contributed by atoms with Crippen LogP contribution in [0.25, 0.3) is 21.8 Å². The highest BCUT2D eigenvalue weighted by molar-refractivity contribution is 6.78. The maximum absolute atomic E-state index is 3.63. The van der Waals surface area contributed by atoms with Crippen LogP contribution in [0.3, 0.4) is 0 Å². The summed E-state index contributed by atoms with van der Waals surface area (Å²) in [6.45, 7) is 7.93. The van der Waals surface area contributed by atoms with Crippen molar-refractivity contribution in [3.05, 3.63) is 84.4 Å². The number of para-hydroxylation sites is 2. The lowest BCUT2D eigenvalue weighted by molar-refractivity contribution is 0.921. The standard InChI is InChI=1S/C25H25NSi/c1-27(2,3)25(20-12-5-4-6-13-20)18-11-19-26-23-16-9-7-14-21(23)22-15-8-10-17-24(22)26/h4-10,12-17,25H,19H2,1-3H3/t25-/m0/s1. The molecule has 27 heavy (non-hydrogen) atoms. The van der Waals surface area contributed by atoms with Gasteiger partial charge in [0, 0.05) is 27.3 Å². The summed E-state index contributed by atoms with van der Waals surface area (Å²) in [4.78, 5) is 0. The van der Waals surface area contributed by atoms with Crippen molar-refractivity contribution in [3.8, 4) is 11.8 Å². The van der Waals surface area contributed by atoms with Crippen molar-refractivity contribution in [1.82, 2.24) is 4.57 Å². The Bertz CT molecular complexity index is 1080. The molecule has 0 aliphatic rings. The van der Waals surface area contributed by atoms with E-state index in [4.69, 9.17) is 0 Å². The van der Waals surface area contributed by atoms with Crippen LogP contribution in [0.2, 0.25) is 19.6 Å². The molecular formula is C25H25NSi. The summed E-state index contributed by atoms with van der Waals surface area (Å²) in [7, 11) is -1.44. The maximum atomic E-state index is 3.63. The van der Waals surface area contributed by atoms with E-state index >= 15 is 0 Å². The summed E-state index contributed by atoms with van der Waals surface area (Å²) < 4.78 is 2.35. The highest BCUT2D eigenvalue weighted by atomic mass is 28.3. The molecule has 0 unspecified atom stereocenters. The quantitative estimate of drug-likeness (QED) is 0.289. The molecule has 0 spiro atoms. The molecule has 0 amide bonds. The third-order valence-electron chi connectivity index (χ3n) is 5.16. The Morgan fingerprint density at radius 1 is 0.741 bits per heavy atom. The van der Waals surface area contributed by atoms with Crippen molar-refractivity contribution >= 4 is 29.9 Å². The Labute approximate surface area is 162 Å². The first kappa shape index (κ1) is 17.6. The molecule has 0 N–H and O–H groups in total. The number of fused-ring (bicyclic) bond motifs is 3. The smallest absolute Gasteiger partial charge is 0.0843 e. The molecule has 2 heteroatoms. The molecule has 4 rings (SSSR count). The molecule has 134 valence electrons. The fourth-order valence-electron chi connectivity index (χ4n) is 3.85. The van der Waals surface area contributed by atoms with Gasteiger partial charge in [-0.05, 0) is 17.7 Å². The average molecular weight is 368 g/mol. The van der Waals surface area contributed by atoms with Crippen molar-refractivity contribution in [1.29, 1.82) is 0 Å². The summed E-state index contributed by atoms with van der Waals surface area (Å²) >= 11 is 0. The Kier molecular flexibility index (Phi) is 4.64. The van der Waals surface area contributed by atoms with E-state index < -0.39 is 8.07 Å². The first-order valence-electron chi connectivity index (χ1n) is 9.55. The molecule has 1 atom stereocenters. The summed E-state index contributed by atoms with van der Waals surface area (Å²) in [5.74, 6) is 7.16. The molecular weight excluding hydrogens is 342 g/mol. The van der Waals surface area contributed by atoms with E-state index in [2.05, 4.69) is 115 Å². The number of aromatic nitrogens is 1. The van der Waals surface area contributed by atoms with Gasteiger partial charge in [-0.15, -0.1) is 0 Å². The third-order valence-corrected chi connectivity index (χ3v) is 7.37. The Balaban J connectivity index is 1.75. The topological polar surface area (TPSA) is 4.93 Å². The second-order valence-corrected chi connectivity index (χ2v) is 13.5. The maximum Gasteiger partial charge on any atom is 0.0843 e. The number of rotatable bonds is 3. The van der Waals surface area contributed by atoms with E-state index in [1.165, 1.54) is 27.4 Å². The third kappa shape index (κ3) is 3.43. The van der Waals surface area contributed by atoms with Gasteiger partial charge >= 0.3 is 0 Å². The fourth-order valence-corrected chi connectivity index (χ4v) is 5.57. The van der Waals surface area contributed by atoms with Gasteiger partial charge in [-0.1, -0.05) is 98.2 Å². The molecule has 0 saturated heterocycles. The molecule has 0 radical (unpaired) electrons. The second-order valence-electron chi connectivity index (χ2n) is 8.15. The molecule has 1 nitrogen and oxygen atoms in total. The minimum absolute atomic E-state index is 0.354. The zero-order valence-corrected chi connectivity index (χ0v) is 17.2. The summed E-state index contributed by atoms with van der Waals surface area (Å²) in [5.41, 5.74) is 4.23. The van der Waals surface area contributed by atoms with E-state index in [1.54, 1.807) is 0 Å². The van der Waals surface area contributed by atoms with Crippen LogP contribution in [0.1, 0.15) is 11.1 Å². The molecule has 0 fully saturated rings. The van der Waals surface area contributed by atoms with Gasteiger partial charge in [0.15, 0.2) is 0 Å². The summed E-state index contributed by atoms with van der Waals surface area (Å²) in [5, 5.41) is 2.61. The first-order valence-corrected chi connectivity index (χ1v) is 13.1. The minimum Gasteiger partial charge on any atom is -0.329 e. The van der Waals surface area contributed by atoms with E-state index in [0.717, 1.165) is 6.54 Å². The molecule has 0 aliphatic heterocycles. The second kappa shape index (κ2) is 7.10. The largest absolute Gasteiger partial charge is 0.329 e. The van der Waals surface area contributed by atoms with Gasteiger partial charge in [0.05, 0.1) is 14.6 Å². The van der Waals surface area contributed by atoms with Crippen molar-refractivity contribution in [3.63, 3.8) is 0 Å². The van der Waals surface area contributed by atoms with Gasteiger partial charge in [-0.25, -0.2) is 0 Å². The van der Waals surface area contributed by atoms with Gasteiger partial charge in [0.2, 0.25) is 0 Å². The van der Waals surface area contributed by atoms with E-state index in [-0.39, 0.29) is 0 Å². The van der Waals surface area contributed by atoms with Gasteiger partial charge in [0.25, 0.3) is 0 Å². The molecule has 0 aliphatic carbocycles. The zero-order valence-electron chi connectivity index (χ0n) is 16.2. The molecule has 1 heterocycles. The van der Waals surface area contributed by atoms with Crippen LogP contribution in [0.4, 0.5) is 0 Å². The van der Waals surface area contributed by atoms with Crippen LogP contribution in [0, 0.1) is 11.8 Å².